The molecule has 7 heteroatoms. The van der Waals surface area contributed by atoms with Gasteiger partial charge in [0, 0.05) is 17.3 Å². The lowest BCUT2D eigenvalue weighted by Gasteiger charge is -2.07. The number of aryl methyl sites for hydroxylation is 1. The van der Waals surface area contributed by atoms with Crippen LogP contribution in [-0.2, 0) is 11.2 Å². The van der Waals surface area contributed by atoms with Crippen LogP contribution >= 0.6 is 11.8 Å². The van der Waals surface area contributed by atoms with Crippen LogP contribution < -0.4 is 5.32 Å². The van der Waals surface area contributed by atoms with Gasteiger partial charge in [-0.1, -0.05) is 84.6 Å². The van der Waals surface area contributed by atoms with Gasteiger partial charge >= 0.3 is 0 Å². The number of carbonyl (C=O) groups excluding carboxylic acids is 1. The molecule has 0 aliphatic carbocycles. The van der Waals surface area contributed by atoms with E-state index in [4.69, 9.17) is 5.10 Å². The number of amides is 1. The maximum absolute atomic E-state index is 12.5. The zero-order valence-corrected chi connectivity index (χ0v) is 19.4. The summed E-state index contributed by atoms with van der Waals surface area (Å²) in [4.78, 5) is 12.5. The third-order valence-electron chi connectivity index (χ3n) is 5.60. The van der Waals surface area contributed by atoms with Gasteiger partial charge in [-0.15, -0.1) is 5.10 Å². The Morgan fingerprint density at radius 2 is 1.71 bits per heavy atom. The molecule has 1 unspecified atom stereocenters. The van der Waals surface area contributed by atoms with Crippen LogP contribution in [0.5, 0.6) is 0 Å². The van der Waals surface area contributed by atoms with E-state index in [0.717, 1.165) is 22.5 Å². The number of aromatic nitrogens is 2. The van der Waals surface area contributed by atoms with Gasteiger partial charge in [0.15, 0.2) is 5.17 Å². The van der Waals surface area contributed by atoms with Crippen LogP contribution in [0.1, 0.15) is 16.7 Å². The van der Waals surface area contributed by atoms with E-state index in [1.807, 2.05) is 83.7 Å². The van der Waals surface area contributed by atoms with E-state index in [2.05, 4.69) is 34.6 Å². The molecule has 4 aromatic rings. The Balaban J connectivity index is 1.37. The van der Waals surface area contributed by atoms with E-state index in [1.165, 1.54) is 22.9 Å². The maximum atomic E-state index is 12.5. The summed E-state index contributed by atoms with van der Waals surface area (Å²) in [6.45, 7) is 2.06. The molecule has 2 heterocycles. The van der Waals surface area contributed by atoms with Crippen molar-refractivity contribution in [3.05, 3.63) is 108 Å². The highest BCUT2D eigenvalue weighted by Crippen LogP contribution is 2.25. The first kappa shape index (κ1) is 21.9. The van der Waals surface area contributed by atoms with E-state index in [1.54, 1.807) is 6.21 Å². The zero-order chi connectivity index (χ0) is 23.3. The Morgan fingerprint density at radius 1 is 1.00 bits per heavy atom. The molecule has 6 nitrogen and oxygen atoms in total. The van der Waals surface area contributed by atoms with Gasteiger partial charge in [0.2, 0.25) is 5.91 Å². The highest BCUT2D eigenvalue weighted by Gasteiger charge is 2.30. The topological polar surface area (TPSA) is 71.6 Å². The van der Waals surface area contributed by atoms with Crippen molar-refractivity contribution in [3.8, 4) is 16.9 Å². The fraction of sp³-hybridized carbons (Fsp3) is 0.111. The number of carbonyl (C=O) groups is 1. The van der Waals surface area contributed by atoms with Crippen molar-refractivity contribution >= 4 is 29.1 Å². The Morgan fingerprint density at radius 3 is 2.47 bits per heavy atom. The minimum atomic E-state index is -0.212. The first-order chi connectivity index (χ1) is 16.7. The molecule has 1 aliphatic rings. The highest BCUT2D eigenvalue weighted by atomic mass is 32.2. The Kier molecular flexibility index (Phi) is 6.35. The van der Waals surface area contributed by atoms with Crippen molar-refractivity contribution in [1.82, 2.24) is 15.1 Å². The lowest BCUT2D eigenvalue weighted by molar-refractivity contribution is -0.118. The van der Waals surface area contributed by atoms with Gasteiger partial charge in [0.25, 0.3) is 0 Å². The monoisotopic (exact) mass is 465 g/mol. The molecular formula is C27H23N5OS. The SMILES string of the molecule is Cc1ccccc1CC1S/C(=N/N=C/c2cn(-c3ccccc3)nc2-c2ccccc2)NC1=O. The summed E-state index contributed by atoms with van der Waals surface area (Å²) in [6.07, 6.45) is 4.28. The van der Waals surface area contributed by atoms with E-state index in [0.29, 0.717) is 11.6 Å². The first-order valence-corrected chi connectivity index (χ1v) is 11.9. The summed E-state index contributed by atoms with van der Waals surface area (Å²) < 4.78 is 1.83. The number of hydrogen-bond acceptors (Lipinski definition) is 5. The zero-order valence-electron chi connectivity index (χ0n) is 18.6. The summed E-state index contributed by atoms with van der Waals surface area (Å²) in [5.41, 5.74) is 5.96. The van der Waals surface area contributed by atoms with E-state index >= 15 is 0 Å². The van der Waals surface area contributed by atoms with Crippen LogP contribution in [0.3, 0.4) is 0 Å². The highest BCUT2D eigenvalue weighted by molar-refractivity contribution is 8.15. The van der Waals surface area contributed by atoms with Crippen molar-refractivity contribution in [3.63, 3.8) is 0 Å². The van der Waals surface area contributed by atoms with E-state index in [-0.39, 0.29) is 11.2 Å². The molecule has 1 amide bonds. The molecule has 1 aromatic heterocycles. The quantitative estimate of drug-likeness (QED) is 0.321. The predicted octanol–water partition coefficient (Wildman–Crippen LogP) is 5.01. The standard InChI is InChI=1S/C27H23N5OS/c1-19-10-8-9-13-21(19)16-24-26(33)29-27(34-24)30-28-17-22-18-32(23-14-6-3-7-15-23)31-25(22)20-11-4-2-5-12-20/h2-15,17-18,24H,16H2,1H3,(H,29,30,33)/b28-17+. The minimum Gasteiger partial charge on any atom is -0.303 e. The fourth-order valence-corrected chi connectivity index (χ4v) is 4.74. The third-order valence-corrected chi connectivity index (χ3v) is 6.67. The van der Waals surface area contributed by atoms with Gasteiger partial charge in [0.05, 0.1) is 17.2 Å². The Bertz CT molecular complexity index is 1360. The number of para-hydroxylation sites is 1. The normalized spacial score (nSPS) is 16.9. The molecule has 168 valence electrons. The molecule has 34 heavy (non-hydrogen) atoms. The Labute approximate surface area is 202 Å². The molecule has 5 rings (SSSR count). The molecular weight excluding hydrogens is 442 g/mol. The van der Waals surface area contributed by atoms with Crippen molar-refractivity contribution in [2.24, 2.45) is 10.2 Å². The van der Waals surface area contributed by atoms with Crippen molar-refractivity contribution in [1.29, 1.82) is 0 Å². The van der Waals surface area contributed by atoms with Crippen molar-refractivity contribution < 1.29 is 4.79 Å². The summed E-state index contributed by atoms with van der Waals surface area (Å²) in [5.74, 6) is -0.0379. The van der Waals surface area contributed by atoms with Gasteiger partial charge in [-0.3, -0.25) is 4.79 Å². The largest absolute Gasteiger partial charge is 0.303 e. The molecule has 1 aliphatic heterocycles. The number of nitrogens with one attached hydrogen (secondary N) is 1. The number of thioether (sulfide) groups is 1. The molecule has 0 saturated carbocycles. The molecule has 1 fully saturated rings. The van der Waals surface area contributed by atoms with Crippen molar-refractivity contribution in [2.45, 2.75) is 18.6 Å². The van der Waals surface area contributed by atoms with Crippen LogP contribution in [-0.4, -0.2) is 32.3 Å². The smallest absolute Gasteiger partial charge is 0.239 e. The molecule has 1 N–H and O–H groups in total. The van der Waals surface area contributed by atoms with Gasteiger partial charge in [-0.2, -0.15) is 10.2 Å². The summed E-state index contributed by atoms with van der Waals surface area (Å²) in [5, 5.41) is 16.5. The van der Waals surface area contributed by atoms with Crippen LogP contribution in [0.2, 0.25) is 0 Å². The first-order valence-electron chi connectivity index (χ1n) is 11.0. The van der Waals surface area contributed by atoms with Gasteiger partial charge in [-0.25, -0.2) is 4.68 Å². The minimum absolute atomic E-state index is 0.0379. The molecule has 1 atom stereocenters. The van der Waals surface area contributed by atoms with Crippen molar-refractivity contribution in [2.75, 3.05) is 0 Å². The van der Waals surface area contributed by atoms with Crippen LogP contribution in [0.15, 0.2) is 101 Å². The summed E-state index contributed by atoms with van der Waals surface area (Å²) in [6, 6.07) is 28.0. The molecule has 0 bridgehead atoms. The number of rotatable bonds is 6. The average Bonchev–Trinajstić information content (AvgIpc) is 3.45. The second-order valence-electron chi connectivity index (χ2n) is 7.96. The van der Waals surface area contributed by atoms with E-state index in [9.17, 15) is 4.79 Å². The molecule has 3 aromatic carbocycles. The van der Waals surface area contributed by atoms with Gasteiger partial charge < -0.3 is 5.32 Å². The molecule has 0 spiro atoms. The van der Waals surface area contributed by atoms with Gasteiger partial charge in [0.1, 0.15) is 5.69 Å². The second kappa shape index (κ2) is 9.89. The van der Waals surface area contributed by atoms with E-state index < -0.39 is 0 Å². The Hall–Kier alpha value is -3.97. The third kappa shape index (κ3) is 4.84. The number of amidine groups is 1. The van der Waals surface area contributed by atoms with Crippen LogP contribution in [0.25, 0.3) is 16.9 Å². The summed E-state index contributed by atoms with van der Waals surface area (Å²) >= 11 is 1.41. The number of hydrogen-bond donors (Lipinski definition) is 1. The van der Waals surface area contributed by atoms with Crippen LogP contribution in [0, 0.1) is 6.92 Å². The lowest BCUT2D eigenvalue weighted by Crippen LogP contribution is -2.26. The van der Waals surface area contributed by atoms with Crippen LogP contribution in [0.4, 0.5) is 0 Å². The fourth-order valence-electron chi connectivity index (χ4n) is 3.78. The maximum Gasteiger partial charge on any atom is 0.239 e. The predicted molar refractivity (Wildman–Crippen MR) is 138 cm³/mol. The van der Waals surface area contributed by atoms with Gasteiger partial charge in [-0.05, 0) is 36.6 Å². The lowest BCUT2D eigenvalue weighted by atomic mass is 10.0. The summed E-state index contributed by atoms with van der Waals surface area (Å²) in [7, 11) is 0. The second-order valence-corrected chi connectivity index (χ2v) is 9.15. The molecule has 0 radical (unpaired) electrons. The number of nitrogens with zero attached hydrogens (tertiary/aromatic N) is 4. The number of benzene rings is 3. The average molecular weight is 466 g/mol. The molecule has 1 saturated heterocycles.